The molecule has 2 aliphatic heterocycles. The van der Waals surface area contributed by atoms with Crippen molar-refractivity contribution in [3.05, 3.63) is 59.7 Å². The predicted octanol–water partition coefficient (Wildman–Crippen LogP) is 4.03. The molecule has 2 aromatic rings. The van der Waals surface area contributed by atoms with Crippen LogP contribution in [0.15, 0.2) is 42.5 Å². The van der Waals surface area contributed by atoms with E-state index in [-0.39, 0.29) is 24.9 Å². The average Bonchev–Trinajstić information content (AvgIpc) is 2.65. The highest BCUT2D eigenvalue weighted by Gasteiger charge is 2.30. The maximum Gasteiger partial charge on any atom is 0.262 e. The van der Waals surface area contributed by atoms with Gasteiger partial charge >= 0.3 is 0 Å². The van der Waals surface area contributed by atoms with Crippen molar-refractivity contribution < 1.29 is 23.0 Å². The van der Waals surface area contributed by atoms with E-state index in [1.807, 2.05) is 11.8 Å². The van der Waals surface area contributed by atoms with Crippen molar-refractivity contribution >= 4 is 17.3 Å². The Morgan fingerprint density at radius 2 is 2.07 bits per heavy atom. The van der Waals surface area contributed by atoms with E-state index in [0.29, 0.717) is 35.8 Å². The molecule has 0 aliphatic carbocycles. The molecule has 0 unspecified atom stereocenters. The van der Waals surface area contributed by atoms with Crippen LogP contribution in [-0.4, -0.2) is 25.2 Å². The van der Waals surface area contributed by atoms with Crippen LogP contribution in [0, 0.1) is 11.6 Å². The largest absolute Gasteiger partial charge is 0.489 e. The van der Waals surface area contributed by atoms with Crippen LogP contribution < -0.4 is 19.7 Å². The molecule has 0 radical (unpaired) electrons. The van der Waals surface area contributed by atoms with E-state index in [9.17, 15) is 9.18 Å². The fraction of sp³-hybridized carbons (Fsp3) is 0.286. The third kappa shape index (κ3) is 3.40. The minimum Gasteiger partial charge on any atom is -0.489 e. The molecule has 0 spiro atoms. The molecule has 2 aromatic carbocycles. The number of carbonyl (C=O) groups is 1. The Balaban J connectivity index is 1.71. The lowest BCUT2D eigenvalue weighted by atomic mass is 10.0. The summed E-state index contributed by atoms with van der Waals surface area (Å²) in [5, 5.41) is 2.53. The van der Waals surface area contributed by atoms with Gasteiger partial charge in [-0.05, 0) is 31.5 Å². The number of hydrogen-bond donors (Lipinski definition) is 1. The Morgan fingerprint density at radius 1 is 1.25 bits per heavy atom. The van der Waals surface area contributed by atoms with Crippen LogP contribution >= 0.6 is 0 Å². The van der Waals surface area contributed by atoms with E-state index in [2.05, 4.69) is 11.9 Å². The van der Waals surface area contributed by atoms with Gasteiger partial charge in [0.05, 0.1) is 11.7 Å². The normalized spacial score (nSPS) is 17.8. The van der Waals surface area contributed by atoms with Crippen LogP contribution in [0.25, 0.3) is 0 Å². The van der Waals surface area contributed by atoms with Crippen LogP contribution in [0.2, 0.25) is 0 Å². The van der Waals surface area contributed by atoms with Gasteiger partial charge in [-0.2, -0.15) is 0 Å². The maximum atomic E-state index is 15.1. The van der Waals surface area contributed by atoms with Gasteiger partial charge in [0.2, 0.25) is 0 Å². The van der Waals surface area contributed by atoms with E-state index < -0.39 is 17.5 Å². The van der Waals surface area contributed by atoms with Gasteiger partial charge in [0.1, 0.15) is 29.6 Å². The second-order valence-corrected chi connectivity index (χ2v) is 7.11. The van der Waals surface area contributed by atoms with Gasteiger partial charge in [-0.15, -0.1) is 6.58 Å². The molecule has 7 heteroatoms. The summed E-state index contributed by atoms with van der Waals surface area (Å²) in [6.07, 6.45) is 0.656. The molecule has 0 fully saturated rings. The molecule has 2 heterocycles. The number of ether oxygens (including phenoxy) is 2. The molecule has 0 saturated carbocycles. The topological polar surface area (TPSA) is 50.8 Å². The molecule has 2 aliphatic rings. The fourth-order valence-corrected chi connectivity index (χ4v) is 3.56. The number of amides is 1. The Morgan fingerprint density at radius 3 is 2.86 bits per heavy atom. The Hall–Kier alpha value is -3.09. The molecule has 146 valence electrons. The van der Waals surface area contributed by atoms with Gasteiger partial charge in [-0.25, -0.2) is 8.78 Å². The minimum atomic E-state index is -0.533. The third-order valence-corrected chi connectivity index (χ3v) is 4.83. The van der Waals surface area contributed by atoms with Crippen LogP contribution in [0.5, 0.6) is 11.5 Å². The van der Waals surface area contributed by atoms with E-state index >= 15 is 4.39 Å². The van der Waals surface area contributed by atoms with E-state index in [1.54, 1.807) is 18.2 Å². The summed E-state index contributed by atoms with van der Waals surface area (Å²) in [5.74, 6) is -0.584. The first-order chi connectivity index (χ1) is 13.4. The smallest absolute Gasteiger partial charge is 0.262 e. The zero-order chi connectivity index (χ0) is 19.8. The van der Waals surface area contributed by atoms with Crippen molar-refractivity contribution in [2.24, 2.45) is 0 Å². The van der Waals surface area contributed by atoms with Crippen molar-refractivity contribution in [1.29, 1.82) is 0 Å². The maximum absolute atomic E-state index is 15.1. The van der Waals surface area contributed by atoms with E-state index in [4.69, 9.17) is 9.47 Å². The highest BCUT2D eigenvalue weighted by molar-refractivity contribution is 5.95. The number of fused-ring (bicyclic) bond motifs is 2. The third-order valence-electron chi connectivity index (χ3n) is 4.83. The first-order valence-electron chi connectivity index (χ1n) is 9.00. The van der Waals surface area contributed by atoms with Crippen LogP contribution in [0.3, 0.4) is 0 Å². The van der Waals surface area contributed by atoms with Crippen LogP contribution in [-0.2, 0) is 11.3 Å². The Kier molecular flexibility index (Phi) is 4.66. The fourth-order valence-electron chi connectivity index (χ4n) is 3.56. The number of hydrogen-bond acceptors (Lipinski definition) is 4. The molecule has 28 heavy (non-hydrogen) atoms. The summed E-state index contributed by atoms with van der Waals surface area (Å²) >= 11 is 0. The number of nitrogens with one attached hydrogen (secondary N) is 1. The van der Waals surface area contributed by atoms with Crippen molar-refractivity contribution in [3.8, 4) is 11.5 Å². The number of anilines is 2. The molecule has 1 atom stereocenters. The summed E-state index contributed by atoms with van der Waals surface area (Å²) < 4.78 is 39.7. The summed E-state index contributed by atoms with van der Waals surface area (Å²) in [7, 11) is 0. The predicted molar refractivity (Wildman–Crippen MR) is 102 cm³/mol. The number of carbonyl (C=O) groups excluding carboxylic acids is 1. The van der Waals surface area contributed by atoms with Crippen molar-refractivity contribution in [2.75, 3.05) is 23.4 Å². The molecule has 1 N–H and O–H groups in total. The van der Waals surface area contributed by atoms with Gasteiger partial charge < -0.3 is 19.7 Å². The number of rotatable bonds is 4. The van der Waals surface area contributed by atoms with Crippen LogP contribution in [0.4, 0.5) is 20.2 Å². The molecule has 0 bridgehead atoms. The average molecular weight is 386 g/mol. The lowest BCUT2D eigenvalue weighted by Crippen LogP contribution is -2.43. The van der Waals surface area contributed by atoms with Gasteiger partial charge in [0.15, 0.2) is 12.4 Å². The minimum absolute atomic E-state index is 0.0535. The molecule has 0 aromatic heterocycles. The van der Waals surface area contributed by atoms with Gasteiger partial charge in [-0.3, -0.25) is 4.79 Å². The van der Waals surface area contributed by atoms with Crippen molar-refractivity contribution in [2.45, 2.75) is 25.9 Å². The number of nitrogens with zero attached hydrogens (tertiary/aromatic N) is 1. The van der Waals surface area contributed by atoms with Gasteiger partial charge in [0, 0.05) is 18.2 Å². The molecule has 1 amide bonds. The monoisotopic (exact) mass is 386 g/mol. The molecule has 5 nitrogen and oxygen atoms in total. The quantitative estimate of drug-likeness (QED) is 0.806. The van der Waals surface area contributed by atoms with Crippen LogP contribution in [0.1, 0.15) is 18.9 Å². The second-order valence-electron chi connectivity index (χ2n) is 7.11. The van der Waals surface area contributed by atoms with Gasteiger partial charge in [0.25, 0.3) is 5.91 Å². The lowest BCUT2D eigenvalue weighted by molar-refractivity contribution is -0.118. The highest BCUT2D eigenvalue weighted by Crippen LogP contribution is 2.39. The molecular formula is C21H20F2N2O3. The highest BCUT2D eigenvalue weighted by atomic mass is 19.1. The Bertz CT molecular complexity index is 961. The molecular weight excluding hydrogens is 366 g/mol. The standard InChI is InChI=1S/C21H20F2N2O3/c1-12(2)7-15-10-27-18-8-14(22)4-5-16(18)25(15)9-13-3-6-17-21(20(13)23)24-19(26)11-28-17/h3-6,8,15H,1,7,9-11H2,2H3,(H,24,26)/t15-/m0/s1. The van der Waals surface area contributed by atoms with Crippen molar-refractivity contribution in [1.82, 2.24) is 0 Å². The SMILES string of the molecule is C=C(C)C[C@H]1COc2cc(F)ccc2N1Cc1ccc2c(c1F)NC(=O)CO2. The van der Waals surface area contributed by atoms with Gasteiger partial charge in [-0.1, -0.05) is 11.6 Å². The zero-order valence-electron chi connectivity index (χ0n) is 15.4. The summed E-state index contributed by atoms with van der Waals surface area (Å²) in [6.45, 7) is 6.33. The first-order valence-corrected chi connectivity index (χ1v) is 9.00. The lowest BCUT2D eigenvalue weighted by Gasteiger charge is -2.39. The first kappa shape index (κ1) is 18.3. The summed E-state index contributed by atoms with van der Waals surface area (Å²) in [5.41, 5.74) is 2.11. The van der Waals surface area contributed by atoms with Crippen molar-refractivity contribution in [3.63, 3.8) is 0 Å². The Labute approximate surface area is 161 Å². The summed E-state index contributed by atoms with van der Waals surface area (Å²) in [6, 6.07) is 7.54. The van der Waals surface area contributed by atoms with E-state index in [0.717, 1.165) is 5.57 Å². The number of benzene rings is 2. The molecule has 0 saturated heterocycles. The second kappa shape index (κ2) is 7.14. The van der Waals surface area contributed by atoms with E-state index in [1.165, 1.54) is 12.1 Å². The zero-order valence-corrected chi connectivity index (χ0v) is 15.4. The number of halogens is 2. The summed E-state index contributed by atoms with van der Waals surface area (Å²) in [4.78, 5) is 13.6. The molecule has 4 rings (SSSR count).